The monoisotopic (exact) mass is 423 g/mol. The molecule has 10 heteroatoms. The fourth-order valence-corrected chi connectivity index (χ4v) is 3.70. The molecule has 0 spiro atoms. The molecule has 1 aromatic carbocycles. The molecule has 1 saturated heterocycles. The van der Waals surface area contributed by atoms with Crippen molar-refractivity contribution < 1.29 is 24.2 Å². The number of hydrogen-bond donors (Lipinski definition) is 3. The lowest BCUT2D eigenvalue weighted by Crippen LogP contribution is -2.37. The van der Waals surface area contributed by atoms with E-state index in [2.05, 4.69) is 22.3 Å². The first kappa shape index (κ1) is 20.4. The molecule has 3 heterocycles. The fourth-order valence-electron chi connectivity index (χ4n) is 3.70. The van der Waals surface area contributed by atoms with Crippen LogP contribution in [0.15, 0.2) is 18.2 Å². The molecular weight excluding hydrogens is 402 g/mol. The van der Waals surface area contributed by atoms with Crippen LogP contribution in [0.4, 0.5) is 0 Å². The number of benzene rings is 1. The van der Waals surface area contributed by atoms with Crippen molar-refractivity contribution in [2.45, 2.75) is 18.4 Å². The zero-order valence-electron chi connectivity index (χ0n) is 17.1. The predicted molar refractivity (Wildman–Crippen MR) is 109 cm³/mol. The van der Waals surface area contributed by atoms with Gasteiger partial charge in [-0.2, -0.15) is 5.10 Å². The van der Waals surface area contributed by atoms with Crippen LogP contribution in [0.1, 0.15) is 38.5 Å². The van der Waals surface area contributed by atoms with E-state index in [9.17, 15) is 19.5 Å². The molecule has 0 unspecified atom stereocenters. The van der Waals surface area contributed by atoms with Gasteiger partial charge in [0.2, 0.25) is 5.60 Å². The number of likely N-dealkylation sites (tertiary alicyclic amines) is 1. The summed E-state index contributed by atoms with van der Waals surface area (Å²) in [5, 5.41) is 17.3. The number of aliphatic hydroxyl groups is 1. The van der Waals surface area contributed by atoms with E-state index in [1.165, 1.54) is 16.6 Å². The van der Waals surface area contributed by atoms with Crippen molar-refractivity contribution in [2.75, 3.05) is 27.2 Å². The second kappa shape index (κ2) is 7.45. The van der Waals surface area contributed by atoms with Crippen LogP contribution in [0.3, 0.4) is 0 Å². The molecule has 2 aromatic rings. The van der Waals surface area contributed by atoms with Gasteiger partial charge >= 0.3 is 0 Å². The fraction of sp³-hybridized carbons (Fsp3) is 0.333. The first-order valence-electron chi connectivity index (χ1n) is 9.67. The number of rotatable bonds is 2. The molecule has 10 nitrogen and oxygen atoms in total. The number of ether oxygens (including phenoxy) is 1. The van der Waals surface area contributed by atoms with Crippen molar-refractivity contribution in [2.24, 2.45) is 5.73 Å². The van der Waals surface area contributed by atoms with Crippen molar-refractivity contribution in [3.63, 3.8) is 0 Å². The Kier molecular flexibility index (Phi) is 4.91. The Morgan fingerprint density at radius 2 is 2.16 bits per heavy atom. The van der Waals surface area contributed by atoms with E-state index in [1.807, 2.05) is 0 Å². The van der Waals surface area contributed by atoms with E-state index in [4.69, 9.17) is 10.5 Å². The maximum absolute atomic E-state index is 12.4. The molecule has 2 aliphatic heterocycles. The third kappa shape index (κ3) is 3.39. The molecule has 4 rings (SSSR count). The first-order chi connectivity index (χ1) is 14.7. The summed E-state index contributed by atoms with van der Waals surface area (Å²) < 4.78 is 7.23. The van der Waals surface area contributed by atoms with E-state index in [0.717, 1.165) is 0 Å². The molecule has 1 aromatic heterocycles. The third-order valence-electron chi connectivity index (χ3n) is 5.38. The second-order valence-electron chi connectivity index (χ2n) is 7.39. The Balaban J connectivity index is 1.82. The highest BCUT2D eigenvalue weighted by Crippen LogP contribution is 2.31. The van der Waals surface area contributed by atoms with E-state index in [-0.39, 0.29) is 24.3 Å². The number of carbonyl (C=O) groups is 3. The number of aromatic nitrogens is 2. The molecule has 160 valence electrons. The zero-order valence-corrected chi connectivity index (χ0v) is 17.1. The van der Waals surface area contributed by atoms with Crippen molar-refractivity contribution in [1.29, 1.82) is 0 Å². The minimum absolute atomic E-state index is 0.108. The second-order valence-corrected chi connectivity index (χ2v) is 7.39. The summed E-state index contributed by atoms with van der Waals surface area (Å²) >= 11 is 0. The average Bonchev–Trinajstić information content (AvgIpc) is 3.19. The number of nitrogens with zero attached hydrogens (tertiary/aromatic N) is 3. The van der Waals surface area contributed by atoms with Gasteiger partial charge in [-0.25, -0.2) is 4.68 Å². The number of amides is 3. The van der Waals surface area contributed by atoms with Gasteiger partial charge in [-0.3, -0.25) is 14.4 Å². The number of nitrogens with one attached hydrogen (secondary N) is 1. The molecule has 0 radical (unpaired) electrons. The summed E-state index contributed by atoms with van der Waals surface area (Å²) in [4.78, 5) is 37.9. The topological polar surface area (TPSA) is 140 Å². The van der Waals surface area contributed by atoms with Gasteiger partial charge in [-0.15, -0.1) is 0 Å². The van der Waals surface area contributed by atoms with Crippen LogP contribution in [-0.4, -0.2) is 70.4 Å². The van der Waals surface area contributed by atoms with Gasteiger partial charge in [0.25, 0.3) is 17.7 Å². The van der Waals surface area contributed by atoms with Gasteiger partial charge in [0.05, 0.1) is 17.9 Å². The van der Waals surface area contributed by atoms with E-state index in [0.29, 0.717) is 35.7 Å². The van der Waals surface area contributed by atoms with E-state index >= 15 is 0 Å². The molecular formula is C21H21N5O5. The van der Waals surface area contributed by atoms with Crippen LogP contribution < -0.4 is 15.8 Å². The molecule has 0 saturated carbocycles. The Bertz CT molecular complexity index is 1170. The Hall–Kier alpha value is -3.84. The maximum Gasteiger partial charge on any atom is 0.270 e. The molecule has 1 atom stereocenters. The molecule has 31 heavy (non-hydrogen) atoms. The lowest BCUT2D eigenvalue weighted by atomic mass is 10.0. The average molecular weight is 423 g/mol. The van der Waals surface area contributed by atoms with Gasteiger partial charge in [-0.1, -0.05) is 11.8 Å². The van der Waals surface area contributed by atoms with Gasteiger partial charge in [0.15, 0.2) is 5.69 Å². The SMILES string of the molecule is CNC(=O)c1c(C(N)=O)nn2c1CCOc1ccc(C#C[C@]3(O)CCN(C)C3=O)cc1-2. The van der Waals surface area contributed by atoms with Gasteiger partial charge in [-0.05, 0) is 18.2 Å². The van der Waals surface area contributed by atoms with Gasteiger partial charge < -0.3 is 25.8 Å². The molecule has 2 aliphatic rings. The van der Waals surface area contributed by atoms with Crippen LogP contribution in [0.5, 0.6) is 5.75 Å². The van der Waals surface area contributed by atoms with Crippen molar-refractivity contribution >= 4 is 17.7 Å². The quantitative estimate of drug-likeness (QED) is 0.541. The smallest absolute Gasteiger partial charge is 0.270 e. The highest BCUT2D eigenvalue weighted by Gasteiger charge is 2.42. The molecule has 0 bridgehead atoms. The number of nitrogens with two attached hydrogens (primary N) is 1. The number of primary amides is 1. The molecule has 0 aliphatic carbocycles. The number of carbonyl (C=O) groups excluding carboxylic acids is 3. The van der Waals surface area contributed by atoms with Gasteiger partial charge in [0, 0.05) is 39.0 Å². The number of fused-ring (bicyclic) bond motifs is 3. The normalized spacial score (nSPS) is 19.5. The first-order valence-corrected chi connectivity index (χ1v) is 9.67. The van der Waals surface area contributed by atoms with Crippen LogP contribution in [-0.2, 0) is 11.2 Å². The standard InChI is InChI=1S/C21H21N5O5/c1-23-19(28)16-13-6-10-31-15-4-3-12(5-7-21(30)8-9-25(2)20(21)29)11-14(15)26(13)24-17(16)18(22)27/h3-4,11,30H,6,8-10H2,1-2H3,(H2,22,27)(H,23,28)/t21-/m0/s1. The summed E-state index contributed by atoms with van der Waals surface area (Å²) in [6.45, 7) is 0.698. The van der Waals surface area contributed by atoms with Crippen molar-refractivity contribution in [3.05, 3.63) is 40.7 Å². The third-order valence-corrected chi connectivity index (χ3v) is 5.38. The van der Waals surface area contributed by atoms with Gasteiger partial charge in [0.1, 0.15) is 11.4 Å². The zero-order chi connectivity index (χ0) is 22.3. The van der Waals surface area contributed by atoms with Crippen molar-refractivity contribution in [3.8, 4) is 23.3 Å². The number of likely N-dealkylation sites (N-methyl/N-ethyl adjacent to an activating group) is 1. The summed E-state index contributed by atoms with van der Waals surface area (Å²) in [6, 6.07) is 5.04. The Labute approximate surface area is 178 Å². The van der Waals surface area contributed by atoms with Crippen LogP contribution in [0, 0.1) is 11.8 Å². The Morgan fingerprint density at radius 3 is 2.81 bits per heavy atom. The summed E-state index contributed by atoms with van der Waals surface area (Å²) in [5.74, 6) is 4.27. The summed E-state index contributed by atoms with van der Waals surface area (Å²) in [5.41, 5.74) is 5.17. The largest absolute Gasteiger partial charge is 0.491 e. The highest BCUT2D eigenvalue weighted by atomic mass is 16.5. The summed E-state index contributed by atoms with van der Waals surface area (Å²) in [6.07, 6.45) is 0.559. The maximum atomic E-state index is 12.4. The lowest BCUT2D eigenvalue weighted by Gasteiger charge is -2.13. The Morgan fingerprint density at radius 1 is 1.39 bits per heavy atom. The van der Waals surface area contributed by atoms with Crippen LogP contribution in [0.2, 0.25) is 0 Å². The molecule has 4 N–H and O–H groups in total. The highest BCUT2D eigenvalue weighted by molar-refractivity contribution is 6.06. The minimum Gasteiger partial charge on any atom is -0.491 e. The molecule has 1 fully saturated rings. The van der Waals surface area contributed by atoms with Crippen molar-refractivity contribution in [1.82, 2.24) is 20.0 Å². The van der Waals surface area contributed by atoms with Crippen LogP contribution >= 0.6 is 0 Å². The van der Waals surface area contributed by atoms with E-state index < -0.39 is 23.3 Å². The summed E-state index contributed by atoms with van der Waals surface area (Å²) in [7, 11) is 3.07. The molecule has 3 amide bonds. The number of hydrogen-bond acceptors (Lipinski definition) is 6. The predicted octanol–water partition coefficient (Wildman–Crippen LogP) is -0.790. The van der Waals surface area contributed by atoms with E-state index in [1.54, 1.807) is 25.2 Å². The lowest BCUT2D eigenvalue weighted by molar-refractivity contribution is -0.137. The minimum atomic E-state index is -1.72. The van der Waals surface area contributed by atoms with Crippen LogP contribution in [0.25, 0.3) is 5.69 Å².